The molecule has 0 aromatic heterocycles. The van der Waals surface area contributed by atoms with Crippen molar-refractivity contribution in [1.82, 2.24) is 0 Å². The topological polar surface area (TPSA) is 100 Å². The van der Waals surface area contributed by atoms with Gasteiger partial charge in [0.2, 0.25) is 0 Å². The Balaban J connectivity index is 2.95. The van der Waals surface area contributed by atoms with Gasteiger partial charge < -0.3 is 4.55 Å². The molecule has 2 aromatic carbocycles. The molecule has 7 heteroatoms. The fourth-order valence-electron chi connectivity index (χ4n) is 1.63. The second-order valence-corrected chi connectivity index (χ2v) is 4.69. The Morgan fingerprint density at radius 3 is 2.12 bits per heavy atom. The van der Waals surface area contributed by atoms with Crippen LogP contribution in [0.25, 0.3) is 10.8 Å². The lowest BCUT2D eigenvalue weighted by Gasteiger charge is -2.10. The summed E-state index contributed by atoms with van der Waals surface area (Å²) in [6.07, 6.45) is 0. The van der Waals surface area contributed by atoms with Gasteiger partial charge in [0.25, 0.3) is 5.69 Å². The number of nitro groups is 1. The molecule has 0 radical (unpaired) electrons. The van der Waals surface area contributed by atoms with Crippen molar-refractivity contribution >= 4 is 26.6 Å². The smallest absolute Gasteiger partial charge is 0.277 e. The number of nitro benzene ring substituents is 1. The van der Waals surface area contributed by atoms with Gasteiger partial charge in [-0.2, -0.15) is 0 Å². The third kappa shape index (κ3) is 1.97. The number of hydrogen-bond donors (Lipinski definition) is 0. The van der Waals surface area contributed by atoms with E-state index in [9.17, 15) is 23.1 Å². The molecule has 0 bridgehead atoms. The van der Waals surface area contributed by atoms with Gasteiger partial charge in [-0.15, -0.1) is 0 Å². The van der Waals surface area contributed by atoms with Crippen molar-refractivity contribution in [1.29, 1.82) is 0 Å². The van der Waals surface area contributed by atoms with Crippen molar-refractivity contribution in [3.05, 3.63) is 46.5 Å². The number of hydrogen-bond acceptors (Lipinski definition) is 5. The van der Waals surface area contributed by atoms with Crippen molar-refractivity contribution in [3.8, 4) is 0 Å². The summed E-state index contributed by atoms with van der Waals surface area (Å²) < 4.78 is 33.0. The lowest BCUT2D eigenvalue weighted by Crippen LogP contribution is -2.00. The Bertz CT molecular complexity index is 708. The van der Waals surface area contributed by atoms with E-state index >= 15 is 0 Å². The van der Waals surface area contributed by atoms with E-state index in [2.05, 4.69) is 0 Å². The molecule has 17 heavy (non-hydrogen) atoms. The Kier molecular flexibility index (Phi) is 2.56. The molecule has 0 aliphatic rings. The van der Waals surface area contributed by atoms with Gasteiger partial charge in [-0.25, -0.2) is 8.42 Å². The molecule has 0 spiro atoms. The van der Waals surface area contributed by atoms with Crippen molar-refractivity contribution in [3.63, 3.8) is 0 Å². The predicted octanol–water partition coefficient (Wildman–Crippen LogP) is 1.65. The lowest BCUT2D eigenvalue weighted by molar-refractivity contribution is -0.383. The number of rotatable bonds is 2. The second-order valence-electron chi connectivity index (χ2n) is 3.34. The monoisotopic (exact) mass is 252 g/mol. The highest BCUT2D eigenvalue weighted by atomic mass is 32.2. The van der Waals surface area contributed by atoms with Crippen LogP contribution in [0.4, 0.5) is 5.69 Å². The average Bonchev–Trinajstić information content (AvgIpc) is 2.26. The zero-order valence-electron chi connectivity index (χ0n) is 8.36. The SMILES string of the molecule is O=[N+]([O-])c1ccc(S(=O)(=O)[O-])c2ccccc12. The molecule has 88 valence electrons. The van der Waals surface area contributed by atoms with Crippen molar-refractivity contribution in [2.45, 2.75) is 4.90 Å². The molecule has 0 amide bonds. The zero-order chi connectivity index (χ0) is 12.6. The van der Waals surface area contributed by atoms with E-state index in [0.717, 1.165) is 12.1 Å². The molecule has 2 aromatic rings. The fraction of sp³-hybridized carbons (Fsp3) is 0. The van der Waals surface area contributed by atoms with Crippen LogP contribution < -0.4 is 0 Å². The third-order valence-corrected chi connectivity index (χ3v) is 3.22. The molecule has 0 atom stereocenters. The van der Waals surface area contributed by atoms with Gasteiger partial charge in [0.05, 0.1) is 15.2 Å². The first kappa shape index (κ1) is 11.5. The van der Waals surface area contributed by atoms with Crippen LogP contribution >= 0.6 is 0 Å². The van der Waals surface area contributed by atoms with E-state index in [-0.39, 0.29) is 16.5 Å². The summed E-state index contributed by atoms with van der Waals surface area (Å²) in [5.74, 6) is 0. The number of benzene rings is 2. The number of non-ortho nitro benzene ring substituents is 1. The van der Waals surface area contributed by atoms with Gasteiger partial charge >= 0.3 is 0 Å². The van der Waals surface area contributed by atoms with Gasteiger partial charge in [0.1, 0.15) is 10.1 Å². The Morgan fingerprint density at radius 2 is 1.59 bits per heavy atom. The first-order valence-corrected chi connectivity index (χ1v) is 5.94. The first-order valence-electron chi connectivity index (χ1n) is 4.53. The molecule has 0 N–H and O–H groups in total. The summed E-state index contributed by atoms with van der Waals surface area (Å²) in [5.41, 5.74) is -0.229. The maximum atomic E-state index is 11.0. The quantitative estimate of drug-likeness (QED) is 0.459. The number of fused-ring (bicyclic) bond motifs is 1. The van der Waals surface area contributed by atoms with Crippen LogP contribution in [0.15, 0.2) is 41.3 Å². The van der Waals surface area contributed by atoms with Crippen molar-refractivity contribution in [2.75, 3.05) is 0 Å². The molecular weight excluding hydrogens is 246 g/mol. The highest BCUT2D eigenvalue weighted by molar-refractivity contribution is 7.86. The van der Waals surface area contributed by atoms with E-state index in [1.165, 1.54) is 24.3 Å². The molecule has 6 nitrogen and oxygen atoms in total. The summed E-state index contributed by atoms with van der Waals surface area (Å²) in [7, 11) is -4.64. The van der Waals surface area contributed by atoms with E-state index in [1.807, 2.05) is 0 Å². The van der Waals surface area contributed by atoms with Crippen molar-refractivity contribution < 1.29 is 17.9 Å². The van der Waals surface area contributed by atoms with Crippen LogP contribution in [-0.2, 0) is 10.1 Å². The largest absolute Gasteiger partial charge is 0.744 e. The van der Waals surface area contributed by atoms with Gasteiger partial charge in [0.15, 0.2) is 0 Å². The third-order valence-electron chi connectivity index (χ3n) is 2.33. The highest BCUT2D eigenvalue weighted by Gasteiger charge is 2.16. The van der Waals surface area contributed by atoms with E-state index in [0.29, 0.717) is 0 Å². The van der Waals surface area contributed by atoms with Crippen LogP contribution in [0.5, 0.6) is 0 Å². The van der Waals surface area contributed by atoms with Crippen LogP contribution in [0.3, 0.4) is 0 Å². The van der Waals surface area contributed by atoms with Gasteiger partial charge in [-0.1, -0.05) is 18.2 Å². The summed E-state index contributed by atoms with van der Waals surface area (Å²) in [5, 5.41) is 11.0. The fourth-order valence-corrected chi connectivity index (χ4v) is 2.31. The second kappa shape index (κ2) is 3.79. The van der Waals surface area contributed by atoms with E-state index < -0.39 is 19.9 Å². The Morgan fingerprint density at radius 1 is 1.00 bits per heavy atom. The Hall–Kier alpha value is -1.99. The molecule has 2 rings (SSSR count). The predicted molar refractivity (Wildman–Crippen MR) is 58.6 cm³/mol. The van der Waals surface area contributed by atoms with Crippen LogP contribution in [-0.4, -0.2) is 17.9 Å². The molecule has 0 unspecified atom stereocenters. The van der Waals surface area contributed by atoms with Crippen LogP contribution in [0.1, 0.15) is 0 Å². The van der Waals surface area contributed by atoms with Gasteiger partial charge in [-0.05, 0) is 12.1 Å². The molecule has 0 aliphatic carbocycles. The summed E-state index contributed by atoms with van der Waals surface area (Å²) in [6, 6.07) is 7.81. The first-order chi connectivity index (χ1) is 7.91. The van der Waals surface area contributed by atoms with Crippen LogP contribution in [0, 0.1) is 10.1 Å². The van der Waals surface area contributed by atoms with Crippen LogP contribution in [0.2, 0.25) is 0 Å². The standard InChI is InChI=1S/C10H7NO5S/c12-11(13)9-5-6-10(17(14,15)16)8-4-2-1-3-7(8)9/h1-6H,(H,14,15,16)/p-1. The minimum Gasteiger partial charge on any atom is -0.744 e. The van der Waals surface area contributed by atoms with Crippen molar-refractivity contribution in [2.24, 2.45) is 0 Å². The minimum atomic E-state index is -4.64. The molecule has 0 saturated heterocycles. The van der Waals surface area contributed by atoms with E-state index in [4.69, 9.17) is 0 Å². The minimum absolute atomic E-state index is 0.0664. The summed E-state index contributed by atoms with van der Waals surface area (Å²) in [6.45, 7) is 0. The maximum Gasteiger partial charge on any atom is 0.277 e. The molecule has 0 saturated carbocycles. The maximum absolute atomic E-state index is 11.0. The normalized spacial score (nSPS) is 11.6. The molecule has 0 heterocycles. The van der Waals surface area contributed by atoms with E-state index in [1.54, 1.807) is 0 Å². The highest BCUT2D eigenvalue weighted by Crippen LogP contribution is 2.30. The summed E-state index contributed by atoms with van der Waals surface area (Å²) >= 11 is 0. The Labute approximate surface area is 96.4 Å². The molecule has 0 fully saturated rings. The molecular formula is C10H6NO5S-. The summed E-state index contributed by atoms with van der Waals surface area (Å²) in [4.78, 5) is 9.69. The molecule has 0 aliphatic heterocycles. The van der Waals surface area contributed by atoms with Gasteiger partial charge in [0, 0.05) is 11.5 Å². The van der Waals surface area contributed by atoms with Gasteiger partial charge in [-0.3, -0.25) is 10.1 Å². The zero-order valence-corrected chi connectivity index (χ0v) is 9.18. The average molecular weight is 252 g/mol. The lowest BCUT2D eigenvalue weighted by atomic mass is 10.1. The number of nitrogens with zero attached hydrogens (tertiary/aromatic N) is 1.